The van der Waals surface area contributed by atoms with E-state index in [2.05, 4.69) is 11.9 Å². The molecule has 0 bridgehead atoms. The number of rotatable bonds is 6. The number of sulfonamides is 1. The second-order valence-corrected chi connectivity index (χ2v) is 14.9. The highest BCUT2D eigenvalue weighted by Crippen LogP contribution is 2.41. The van der Waals surface area contributed by atoms with Gasteiger partial charge in [0, 0.05) is 43.2 Å². The predicted octanol–water partition coefficient (Wildman–Crippen LogP) is 4.80. The number of hydrogen-bond donors (Lipinski definition) is 1. The number of amides is 1. The minimum absolute atomic E-state index is 0.0284. The van der Waals surface area contributed by atoms with E-state index >= 15 is 0 Å². The first kappa shape index (κ1) is 28.8. The van der Waals surface area contributed by atoms with Gasteiger partial charge in [0.25, 0.3) is 10.0 Å². The Morgan fingerprint density at radius 1 is 1.11 bits per heavy atom. The minimum Gasteiger partial charge on any atom is -0.477 e. The molecule has 0 radical (unpaired) electrons. The number of aromatic carboxylic acids is 1. The highest BCUT2D eigenvalue weighted by atomic mass is 32.2. The summed E-state index contributed by atoms with van der Waals surface area (Å²) in [6, 6.07) is 1.59. The van der Waals surface area contributed by atoms with E-state index in [1.807, 2.05) is 26.8 Å². The molecule has 1 N–H and O–H groups in total. The number of imidazole rings is 1. The zero-order chi connectivity index (χ0) is 28.0. The Morgan fingerprint density at radius 2 is 1.71 bits per heavy atom. The lowest BCUT2D eigenvalue weighted by Crippen LogP contribution is -2.51. The predicted molar refractivity (Wildman–Crippen MR) is 148 cm³/mol. The summed E-state index contributed by atoms with van der Waals surface area (Å²) in [5, 5.41) is 10.1. The quantitative estimate of drug-likeness (QED) is 0.539. The lowest BCUT2D eigenvalue weighted by molar-refractivity contribution is -0.124. The van der Waals surface area contributed by atoms with E-state index in [-0.39, 0.29) is 46.3 Å². The summed E-state index contributed by atoms with van der Waals surface area (Å²) in [6.07, 6.45) is 5.93. The number of piperidine rings is 1. The van der Waals surface area contributed by atoms with Gasteiger partial charge in [-0.25, -0.2) is 18.2 Å². The fourth-order valence-corrected chi connectivity index (χ4v) is 7.95. The number of nitrogens with zero attached hydrogens (tertiary/aromatic N) is 4. The van der Waals surface area contributed by atoms with Gasteiger partial charge in [-0.05, 0) is 62.8 Å². The zero-order valence-electron chi connectivity index (χ0n) is 23.2. The molecule has 2 fully saturated rings. The van der Waals surface area contributed by atoms with Crippen LogP contribution in [0.3, 0.4) is 0 Å². The van der Waals surface area contributed by atoms with E-state index in [0.29, 0.717) is 30.3 Å². The Bertz CT molecular complexity index is 1270. The summed E-state index contributed by atoms with van der Waals surface area (Å²) >= 11 is 1.23. The maximum atomic E-state index is 14.1. The molecule has 11 heteroatoms. The maximum Gasteiger partial charge on any atom is 0.348 e. The molecular formula is C27H40N4O5S2. The van der Waals surface area contributed by atoms with Gasteiger partial charge in [-0.1, -0.05) is 27.7 Å². The third kappa shape index (κ3) is 5.70. The van der Waals surface area contributed by atoms with E-state index in [0.717, 1.165) is 30.6 Å². The van der Waals surface area contributed by atoms with Crippen molar-refractivity contribution in [1.82, 2.24) is 13.9 Å². The van der Waals surface area contributed by atoms with Crippen molar-refractivity contribution in [1.29, 1.82) is 0 Å². The minimum atomic E-state index is -3.76. The van der Waals surface area contributed by atoms with Crippen LogP contribution in [-0.2, 0) is 27.3 Å². The number of carbonyl (C=O) groups excluding carboxylic acids is 1. The summed E-state index contributed by atoms with van der Waals surface area (Å²) in [6.45, 7) is 10.5. The Kier molecular flexibility index (Phi) is 8.12. The molecule has 210 valence electrons. The number of anilines is 1. The largest absolute Gasteiger partial charge is 0.477 e. The van der Waals surface area contributed by atoms with Crippen molar-refractivity contribution in [3.8, 4) is 0 Å². The molecule has 38 heavy (non-hydrogen) atoms. The van der Waals surface area contributed by atoms with Crippen molar-refractivity contribution >= 4 is 38.9 Å². The number of hydrogen-bond acceptors (Lipinski definition) is 6. The van der Waals surface area contributed by atoms with Crippen LogP contribution in [0, 0.1) is 18.8 Å². The molecule has 0 unspecified atom stereocenters. The summed E-state index contributed by atoms with van der Waals surface area (Å²) in [5.41, 5.74) is 0.193. The number of carboxylic acids is 1. The fraction of sp³-hybridized carbons (Fsp3) is 0.667. The third-order valence-electron chi connectivity index (χ3n) is 7.99. The van der Waals surface area contributed by atoms with Gasteiger partial charge < -0.3 is 14.6 Å². The summed E-state index contributed by atoms with van der Waals surface area (Å²) in [4.78, 5) is 33.4. The van der Waals surface area contributed by atoms with Crippen LogP contribution >= 0.6 is 11.3 Å². The summed E-state index contributed by atoms with van der Waals surface area (Å²) in [5.74, 6) is -0.0192. The van der Waals surface area contributed by atoms with E-state index in [1.54, 1.807) is 23.4 Å². The smallest absolute Gasteiger partial charge is 0.348 e. The molecule has 2 aromatic rings. The Morgan fingerprint density at radius 3 is 2.21 bits per heavy atom. The van der Waals surface area contributed by atoms with E-state index in [9.17, 15) is 23.1 Å². The Hall–Kier alpha value is -2.24. The number of carboxylic acid groups (broad SMARTS) is 1. The molecule has 1 saturated heterocycles. The molecule has 0 atom stereocenters. The van der Waals surface area contributed by atoms with E-state index < -0.39 is 16.0 Å². The molecule has 1 saturated carbocycles. The van der Waals surface area contributed by atoms with Gasteiger partial charge in [-0.3, -0.25) is 4.79 Å². The molecule has 1 aliphatic heterocycles. The highest BCUT2D eigenvalue weighted by molar-refractivity contribution is 7.89. The topological polar surface area (TPSA) is 113 Å². The summed E-state index contributed by atoms with van der Waals surface area (Å²) < 4.78 is 29.6. The van der Waals surface area contributed by atoms with Gasteiger partial charge >= 0.3 is 5.97 Å². The SMILES string of the molecule is Cc1nc(S(=O)(=O)N2CCC(N(C(=O)C3CCC(C)CC3)c3cc(C(C)(C)C)sc3C(=O)O)CC2)cn1C. The molecule has 0 aromatic carbocycles. The lowest BCUT2D eigenvalue weighted by atomic mass is 9.82. The van der Waals surface area contributed by atoms with Crippen LogP contribution in [0.5, 0.6) is 0 Å². The Balaban J connectivity index is 1.65. The van der Waals surface area contributed by atoms with Crippen molar-refractivity contribution < 1.29 is 23.1 Å². The number of aryl methyl sites for hydroxylation is 2. The highest BCUT2D eigenvalue weighted by Gasteiger charge is 2.40. The van der Waals surface area contributed by atoms with Gasteiger partial charge in [0.2, 0.25) is 5.91 Å². The van der Waals surface area contributed by atoms with Crippen molar-refractivity contribution in [2.45, 2.75) is 89.6 Å². The zero-order valence-corrected chi connectivity index (χ0v) is 24.9. The van der Waals surface area contributed by atoms with Crippen molar-refractivity contribution in [3.63, 3.8) is 0 Å². The average Bonchev–Trinajstić information content (AvgIpc) is 3.44. The molecule has 2 aromatic heterocycles. The van der Waals surface area contributed by atoms with Crippen LogP contribution in [-0.4, -0.2) is 58.4 Å². The van der Waals surface area contributed by atoms with Gasteiger partial charge in [-0.15, -0.1) is 11.3 Å². The van der Waals surface area contributed by atoms with Crippen LogP contribution in [0.4, 0.5) is 5.69 Å². The van der Waals surface area contributed by atoms with Crippen LogP contribution in [0.25, 0.3) is 0 Å². The monoisotopic (exact) mass is 564 g/mol. The van der Waals surface area contributed by atoms with Crippen LogP contribution < -0.4 is 4.90 Å². The lowest BCUT2D eigenvalue weighted by Gasteiger charge is -2.40. The van der Waals surface area contributed by atoms with Crippen molar-refractivity contribution in [2.24, 2.45) is 18.9 Å². The first-order valence-corrected chi connectivity index (χ1v) is 15.7. The maximum absolute atomic E-state index is 14.1. The Labute approximate surface area is 229 Å². The molecule has 4 rings (SSSR count). The standard InChI is InChI=1S/C27H40N4O5S2/c1-17-7-9-19(10-8-17)25(32)31(21-15-22(27(3,4)5)37-24(21)26(33)34)20-11-13-30(14-12-20)38(35,36)23-16-29(6)18(2)28-23/h15-17,19-20H,7-14H2,1-6H3,(H,33,34). The second kappa shape index (κ2) is 10.7. The van der Waals surface area contributed by atoms with Crippen LogP contribution in [0.1, 0.15) is 86.6 Å². The fourth-order valence-electron chi connectivity index (χ4n) is 5.41. The second-order valence-electron chi connectivity index (χ2n) is 11.9. The molecule has 1 amide bonds. The van der Waals surface area contributed by atoms with Crippen molar-refractivity contribution in [2.75, 3.05) is 18.0 Å². The molecule has 2 aliphatic rings. The first-order chi connectivity index (χ1) is 17.7. The molecule has 1 aliphatic carbocycles. The van der Waals surface area contributed by atoms with Gasteiger partial charge in [0.05, 0.1) is 5.69 Å². The molecule has 3 heterocycles. The molecular weight excluding hydrogens is 524 g/mol. The molecule has 0 spiro atoms. The third-order valence-corrected chi connectivity index (χ3v) is 11.3. The van der Waals surface area contributed by atoms with Gasteiger partial charge in [0.1, 0.15) is 10.7 Å². The molecule has 9 nitrogen and oxygen atoms in total. The van der Waals surface area contributed by atoms with Crippen molar-refractivity contribution in [3.05, 3.63) is 27.8 Å². The number of aromatic nitrogens is 2. The number of carbonyl (C=O) groups is 2. The van der Waals surface area contributed by atoms with Crippen LogP contribution in [0.2, 0.25) is 0 Å². The van der Waals surface area contributed by atoms with Crippen LogP contribution in [0.15, 0.2) is 17.3 Å². The van der Waals surface area contributed by atoms with E-state index in [1.165, 1.54) is 21.8 Å². The van der Waals surface area contributed by atoms with Gasteiger partial charge in [-0.2, -0.15) is 4.31 Å². The summed E-state index contributed by atoms with van der Waals surface area (Å²) in [7, 11) is -2.00. The first-order valence-electron chi connectivity index (χ1n) is 13.4. The number of thiophene rings is 1. The van der Waals surface area contributed by atoms with E-state index in [4.69, 9.17) is 0 Å². The normalized spacial score (nSPS) is 21.9. The average molecular weight is 565 g/mol. The van der Waals surface area contributed by atoms with Gasteiger partial charge in [0.15, 0.2) is 5.03 Å².